The monoisotopic (exact) mass is 503 g/mol. The molecule has 0 amide bonds. The zero-order valence-corrected chi connectivity index (χ0v) is 21.2. The molecule has 0 saturated heterocycles. The number of benzene rings is 1. The lowest BCUT2D eigenvalue weighted by Crippen LogP contribution is -2.13. The molecule has 5 nitrogen and oxygen atoms in total. The Morgan fingerprint density at radius 3 is 2.72 bits per heavy atom. The lowest BCUT2D eigenvalue weighted by molar-refractivity contribution is -0.118. The van der Waals surface area contributed by atoms with Crippen molar-refractivity contribution in [1.82, 2.24) is 15.3 Å². The van der Waals surface area contributed by atoms with Gasteiger partial charge in [-0.25, -0.2) is 4.39 Å². The number of pyridine rings is 2. The number of Topliss-reactive ketones (excluding diaryl/α,β-unsaturated/α-hetero) is 1. The summed E-state index contributed by atoms with van der Waals surface area (Å²) in [5.41, 5.74) is 3.46. The quantitative estimate of drug-likeness (QED) is 0.209. The van der Waals surface area contributed by atoms with E-state index in [0.717, 1.165) is 58.2 Å². The van der Waals surface area contributed by atoms with E-state index in [-0.39, 0.29) is 18.0 Å². The van der Waals surface area contributed by atoms with Crippen molar-refractivity contribution in [3.8, 4) is 22.1 Å². The maximum absolute atomic E-state index is 14.9. The number of thiophene rings is 1. The first-order valence-corrected chi connectivity index (χ1v) is 13.4. The fourth-order valence-electron chi connectivity index (χ4n) is 4.15. The van der Waals surface area contributed by atoms with Gasteiger partial charge in [0.1, 0.15) is 11.5 Å². The van der Waals surface area contributed by atoms with Crippen molar-refractivity contribution in [3.05, 3.63) is 71.8 Å². The summed E-state index contributed by atoms with van der Waals surface area (Å²) in [6.07, 6.45) is 8.92. The maximum Gasteiger partial charge on any atom is 0.166 e. The molecule has 0 atom stereocenters. The molecule has 1 aromatic carbocycles. The third-order valence-electron chi connectivity index (χ3n) is 6.35. The van der Waals surface area contributed by atoms with E-state index in [1.54, 1.807) is 24.4 Å². The highest BCUT2D eigenvalue weighted by Gasteiger charge is 2.22. The van der Waals surface area contributed by atoms with E-state index in [0.29, 0.717) is 17.7 Å². The zero-order chi connectivity index (χ0) is 24.9. The summed E-state index contributed by atoms with van der Waals surface area (Å²) in [6, 6.07) is 12.6. The van der Waals surface area contributed by atoms with Gasteiger partial charge in [0.25, 0.3) is 0 Å². The van der Waals surface area contributed by atoms with Gasteiger partial charge in [0.2, 0.25) is 0 Å². The van der Waals surface area contributed by atoms with Crippen LogP contribution in [0.5, 0.6) is 11.5 Å². The first-order valence-electron chi connectivity index (χ1n) is 12.6. The van der Waals surface area contributed by atoms with Gasteiger partial charge in [-0.2, -0.15) is 0 Å². The van der Waals surface area contributed by atoms with E-state index in [2.05, 4.69) is 28.3 Å². The minimum absolute atomic E-state index is 0.133. The number of ketones is 1. The number of hydrogen-bond donors (Lipinski definition) is 1. The number of fused-ring (bicyclic) bond motifs is 1. The molecule has 3 aromatic heterocycles. The number of nitrogens with one attached hydrogen (secondary N) is 1. The number of carbonyl (C=O) groups excluding carboxylic acids is 1. The van der Waals surface area contributed by atoms with Crippen LogP contribution in [0.15, 0.2) is 54.9 Å². The van der Waals surface area contributed by atoms with E-state index in [1.807, 2.05) is 18.3 Å². The number of hydrogen-bond acceptors (Lipinski definition) is 6. The summed E-state index contributed by atoms with van der Waals surface area (Å²) in [7, 11) is 0. The average Bonchev–Trinajstić information content (AvgIpc) is 3.61. The molecule has 0 aliphatic heterocycles. The van der Waals surface area contributed by atoms with Crippen molar-refractivity contribution in [2.24, 2.45) is 5.92 Å². The molecule has 0 unspecified atom stereocenters. The van der Waals surface area contributed by atoms with Crippen LogP contribution in [0.4, 0.5) is 4.39 Å². The molecular formula is C29H30FN3O2S. The maximum atomic E-state index is 14.9. The van der Waals surface area contributed by atoms with Crippen molar-refractivity contribution >= 4 is 27.3 Å². The molecule has 4 aromatic rings. The molecule has 1 fully saturated rings. The molecule has 36 heavy (non-hydrogen) atoms. The largest absolute Gasteiger partial charge is 0.453 e. The molecule has 0 radical (unpaired) electrons. The van der Waals surface area contributed by atoms with Gasteiger partial charge < -0.3 is 10.1 Å². The molecule has 186 valence electrons. The standard InChI is InChI=1S/C29H30FN3O2S/c1-2-12-31-17-21-6-9-24(33-18-21)28-16-25-29(36-28)27(11-13-32-25)35-26-10-7-20(15-23(26)30)14-22(34)8-5-19-3-4-19/h6-7,9-11,13,15-16,18-19,31H,2-5,8,12,14,17H2,1H3. The van der Waals surface area contributed by atoms with Crippen molar-refractivity contribution in [3.63, 3.8) is 0 Å². The average molecular weight is 504 g/mol. The van der Waals surface area contributed by atoms with Crippen LogP contribution in [0.3, 0.4) is 0 Å². The molecule has 1 N–H and O–H groups in total. The molecule has 0 spiro atoms. The normalized spacial score (nSPS) is 13.3. The van der Waals surface area contributed by atoms with Gasteiger partial charge in [0.05, 0.1) is 20.8 Å². The fourth-order valence-corrected chi connectivity index (χ4v) is 5.19. The Kier molecular flexibility index (Phi) is 7.68. The van der Waals surface area contributed by atoms with Crippen LogP contribution in [0, 0.1) is 11.7 Å². The van der Waals surface area contributed by atoms with Crippen molar-refractivity contribution in [2.45, 2.75) is 52.0 Å². The van der Waals surface area contributed by atoms with Crippen LogP contribution < -0.4 is 10.1 Å². The van der Waals surface area contributed by atoms with Crippen molar-refractivity contribution in [2.75, 3.05) is 6.54 Å². The minimum Gasteiger partial charge on any atom is -0.453 e. The molecule has 5 rings (SSSR count). The van der Waals surface area contributed by atoms with Gasteiger partial charge in [-0.05, 0) is 60.7 Å². The topological polar surface area (TPSA) is 64.1 Å². The fraction of sp³-hybridized carbons (Fsp3) is 0.345. The van der Waals surface area contributed by atoms with Gasteiger partial charge in [-0.15, -0.1) is 11.3 Å². The highest BCUT2D eigenvalue weighted by atomic mass is 32.1. The zero-order valence-electron chi connectivity index (χ0n) is 20.4. The second-order valence-electron chi connectivity index (χ2n) is 9.43. The Balaban J connectivity index is 1.29. The summed E-state index contributed by atoms with van der Waals surface area (Å²) < 4.78 is 21.7. The highest BCUT2D eigenvalue weighted by Crippen LogP contribution is 2.39. The van der Waals surface area contributed by atoms with E-state index < -0.39 is 5.82 Å². The van der Waals surface area contributed by atoms with Crippen LogP contribution in [0.25, 0.3) is 20.8 Å². The number of ether oxygens (including phenoxy) is 1. The Labute approximate surface area is 214 Å². The Morgan fingerprint density at radius 2 is 1.97 bits per heavy atom. The Bertz CT molecular complexity index is 1350. The second-order valence-corrected chi connectivity index (χ2v) is 10.5. The van der Waals surface area contributed by atoms with Gasteiger partial charge >= 0.3 is 0 Å². The Morgan fingerprint density at radius 1 is 1.11 bits per heavy atom. The molecular weight excluding hydrogens is 473 g/mol. The van der Waals surface area contributed by atoms with E-state index in [4.69, 9.17) is 4.74 Å². The predicted octanol–water partition coefficient (Wildman–Crippen LogP) is 7.09. The number of rotatable bonds is 12. The third kappa shape index (κ3) is 6.15. The lowest BCUT2D eigenvalue weighted by Gasteiger charge is -2.09. The lowest BCUT2D eigenvalue weighted by atomic mass is 10.0. The smallest absolute Gasteiger partial charge is 0.166 e. The number of halogens is 1. The van der Waals surface area contributed by atoms with E-state index in [9.17, 15) is 9.18 Å². The van der Waals surface area contributed by atoms with Gasteiger partial charge in [0, 0.05) is 37.8 Å². The molecule has 7 heteroatoms. The highest BCUT2D eigenvalue weighted by molar-refractivity contribution is 7.22. The first-order chi connectivity index (χ1) is 17.6. The first kappa shape index (κ1) is 24.5. The molecule has 1 aliphatic rings. The van der Waals surface area contributed by atoms with Crippen molar-refractivity contribution < 1.29 is 13.9 Å². The summed E-state index contributed by atoms with van der Waals surface area (Å²) in [4.78, 5) is 22.3. The Hall–Kier alpha value is -3.16. The SMILES string of the molecule is CCCNCc1ccc(-c2cc3nccc(Oc4ccc(CC(=O)CCC5CC5)cc4F)c3s2)nc1. The number of aromatic nitrogens is 2. The summed E-state index contributed by atoms with van der Waals surface area (Å²) in [6.45, 7) is 3.92. The summed E-state index contributed by atoms with van der Waals surface area (Å²) in [5.74, 6) is 1.09. The molecule has 0 bridgehead atoms. The third-order valence-corrected chi connectivity index (χ3v) is 7.52. The van der Waals surface area contributed by atoms with Gasteiger partial charge in [-0.1, -0.05) is 31.9 Å². The minimum atomic E-state index is -0.474. The van der Waals surface area contributed by atoms with Crippen LogP contribution in [0.2, 0.25) is 0 Å². The van der Waals surface area contributed by atoms with Crippen LogP contribution >= 0.6 is 11.3 Å². The van der Waals surface area contributed by atoms with Crippen LogP contribution in [0.1, 0.15) is 50.2 Å². The van der Waals surface area contributed by atoms with Crippen molar-refractivity contribution in [1.29, 1.82) is 0 Å². The van der Waals surface area contributed by atoms with Crippen LogP contribution in [-0.4, -0.2) is 22.3 Å². The predicted molar refractivity (Wildman–Crippen MR) is 142 cm³/mol. The number of nitrogens with zero attached hydrogens (tertiary/aromatic N) is 2. The van der Waals surface area contributed by atoms with Crippen LogP contribution in [-0.2, 0) is 17.8 Å². The number of carbonyl (C=O) groups is 1. The summed E-state index contributed by atoms with van der Waals surface area (Å²) in [5, 5.41) is 3.38. The summed E-state index contributed by atoms with van der Waals surface area (Å²) >= 11 is 1.52. The van der Waals surface area contributed by atoms with Gasteiger partial charge in [0.15, 0.2) is 11.6 Å². The van der Waals surface area contributed by atoms with E-state index >= 15 is 0 Å². The molecule has 1 aliphatic carbocycles. The molecule has 3 heterocycles. The van der Waals surface area contributed by atoms with Gasteiger partial charge in [-0.3, -0.25) is 14.8 Å². The second kappa shape index (κ2) is 11.3. The van der Waals surface area contributed by atoms with E-state index in [1.165, 1.54) is 30.2 Å². The molecule has 1 saturated carbocycles.